The Morgan fingerprint density at radius 2 is 2.42 bits per heavy atom. The molecule has 0 amide bonds. The molecule has 1 heterocycles. The summed E-state index contributed by atoms with van der Waals surface area (Å²) >= 11 is 0. The predicted molar refractivity (Wildman–Crippen MR) is 49.3 cm³/mol. The van der Waals surface area contributed by atoms with E-state index in [1.807, 2.05) is 19.1 Å². The lowest BCUT2D eigenvalue weighted by Gasteiger charge is -2.04. The standard InChI is InChI=1S/C9H14N2O/c1-8-7-9(3-4-10-8)11-5-6-12-2/h3-4,7H,5-6H2,1-2H3,(H,10,11). The van der Waals surface area contributed by atoms with Gasteiger partial charge in [0.15, 0.2) is 0 Å². The lowest BCUT2D eigenvalue weighted by atomic mass is 10.3. The minimum absolute atomic E-state index is 0.724. The molecule has 0 saturated heterocycles. The van der Waals surface area contributed by atoms with Gasteiger partial charge in [0.2, 0.25) is 0 Å². The Balaban J connectivity index is 2.41. The molecule has 0 aliphatic carbocycles. The van der Waals surface area contributed by atoms with Crippen LogP contribution >= 0.6 is 0 Å². The van der Waals surface area contributed by atoms with Crippen molar-refractivity contribution in [1.82, 2.24) is 4.98 Å². The monoisotopic (exact) mass is 166 g/mol. The van der Waals surface area contributed by atoms with Gasteiger partial charge in [-0.2, -0.15) is 0 Å². The van der Waals surface area contributed by atoms with Gasteiger partial charge in [0.1, 0.15) is 0 Å². The highest BCUT2D eigenvalue weighted by Gasteiger charge is 1.90. The number of aromatic nitrogens is 1. The summed E-state index contributed by atoms with van der Waals surface area (Å²) in [5, 5.41) is 3.22. The maximum absolute atomic E-state index is 4.92. The summed E-state index contributed by atoms with van der Waals surface area (Å²) in [6, 6.07) is 3.96. The van der Waals surface area contributed by atoms with Crippen LogP contribution in [-0.4, -0.2) is 25.2 Å². The average molecular weight is 166 g/mol. The summed E-state index contributed by atoms with van der Waals surface area (Å²) < 4.78 is 4.92. The van der Waals surface area contributed by atoms with E-state index in [9.17, 15) is 0 Å². The number of anilines is 1. The third-order valence-electron chi connectivity index (χ3n) is 1.53. The number of methoxy groups -OCH3 is 1. The number of rotatable bonds is 4. The Kier molecular flexibility index (Phi) is 3.54. The molecular weight excluding hydrogens is 152 g/mol. The summed E-state index contributed by atoms with van der Waals surface area (Å²) in [5.74, 6) is 0. The molecule has 12 heavy (non-hydrogen) atoms. The van der Waals surface area contributed by atoms with Gasteiger partial charge in [-0.25, -0.2) is 0 Å². The molecule has 3 nitrogen and oxygen atoms in total. The molecule has 0 atom stereocenters. The summed E-state index contributed by atoms with van der Waals surface area (Å²) in [7, 11) is 1.69. The number of ether oxygens (including phenoxy) is 1. The molecule has 0 aliphatic rings. The third kappa shape index (κ3) is 2.88. The molecule has 1 aromatic heterocycles. The quantitative estimate of drug-likeness (QED) is 0.687. The van der Waals surface area contributed by atoms with Gasteiger partial charge in [0, 0.05) is 31.2 Å². The molecule has 0 radical (unpaired) electrons. The maximum Gasteiger partial charge on any atom is 0.0635 e. The minimum atomic E-state index is 0.724. The first-order chi connectivity index (χ1) is 5.83. The number of hydrogen-bond acceptors (Lipinski definition) is 3. The normalized spacial score (nSPS) is 9.83. The van der Waals surface area contributed by atoms with E-state index in [1.165, 1.54) is 0 Å². The number of pyridine rings is 1. The van der Waals surface area contributed by atoms with Gasteiger partial charge in [-0.05, 0) is 19.1 Å². The smallest absolute Gasteiger partial charge is 0.0635 e. The summed E-state index contributed by atoms with van der Waals surface area (Å²) in [5.41, 5.74) is 2.12. The zero-order chi connectivity index (χ0) is 8.81. The second-order valence-corrected chi connectivity index (χ2v) is 2.61. The second kappa shape index (κ2) is 4.72. The predicted octanol–water partition coefficient (Wildman–Crippen LogP) is 1.45. The molecule has 0 spiro atoms. The van der Waals surface area contributed by atoms with E-state index in [1.54, 1.807) is 13.3 Å². The van der Waals surface area contributed by atoms with E-state index in [-0.39, 0.29) is 0 Å². The lowest BCUT2D eigenvalue weighted by molar-refractivity contribution is 0.211. The van der Waals surface area contributed by atoms with Crippen LogP contribution in [0.1, 0.15) is 5.69 Å². The summed E-state index contributed by atoms with van der Waals surface area (Å²) in [4.78, 5) is 4.10. The lowest BCUT2D eigenvalue weighted by Crippen LogP contribution is -2.07. The van der Waals surface area contributed by atoms with Crippen LogP contribution in [0.15, 0.2) is 18.3 Å². The van der Waals surface area contributed by atoms with Gasteiger partial charge >= 0.3 is 0 Å². The van der Waals surface area contributed by atoms with Crippen LogP contribution in [0.4, 0.5) is 5.69 Å². The van der Waals surface area contributed by atoms with Crippen LogP contribution in [-0.2, 0) is 4.74 Å². The first-order valence-electron chi connectivity index (χ1n) is 3.98. The van der Waals surface area contributed by atoms with E-state index in [0.717, 1.165) is 24.5 Å². The van der Waals surface area contributed by atoms with Crippen molar-refractivity contribution in [3.63, 3.8) is 0 Å². The van der Waals surface area contributed by atoms with Crippen LogP contribution in [0.5, 0.6) is 0 Å². The Labute approximate surface area is 72.8 Å². The van der Waals surface area contributed by atoms with E-state index in [0.29, 0.717) is 0 Å². The minimum Gasteiger partial charge on any atom is -0.383 e. The molecule has 3 heteroatoms. The fraction of sp³-hybridized carbons (Fsp3) is 0.444. The number of nitrogens with one attached hydrogen (secondary N) is 1. The largest absolute Gasteiger partial charge is 0.383 e. The summed E-state index contributed by atoms with van der Waals surface area (Å²) in [6.45, 7) is 3.53. The van der Waals surface area contributed by atoms with Crippen molar-refractivity contribution in [2.24, 2.45) is 0 Å². The average Bonchev–Trinajstić information content (AvgIpc) is 2.05. The van der Waals surface area contributed by atoms with Crippen molar-refractivity contribution in [2.45, 2.75) is 6.92 Å². The van der Waals surface area contributed by atoms with E-state index in [4.69, 9.17) is 4.74 Å². The summed E-state index contributed by atoms with van der Waals surface area (Å²) in [6.07, 6.45) is 1.80. The van der Waals surface area contributed by atoms with Crippen LogP contribution in [0, 0.1) is 6.92 Å². The van der Waals surface area contributed by atoms with Crippen LogP contribution < -0.4 is 5.32 Å². The highest BCUT2D eigenvalue weighted by Crippen LogP contribution is 2.05. The molecule has 1 aromatic rings. The highest BCUT2D eigenvalue weighted by molar-refractivity contribution is 5.42. The fourth-order valence-electron chi connectivity index (χ4n) is 0.953. The van der Waals surface area contributed by atoms with E-state index < -0.39 is 0 Å². The first kappa shape index (κ1) is 9.00. The number of nitrogens with zero attached hydrogens (tertiary/aromatic N) is 1. The molecular formula is C9H14N2O. The highest BCUT2D eigenvalue weighted by atomic mass is 16.5. The molecule has 0 bridgehead atoms. The van der Waals surface area contributed by atoms with Crippen LogP contribution in [0.3, 0.4) is 0 Å². The van der Waals surface area contributed by atoms with Gasteiger partial charge in [0.05, 0.1) is 6.61 Å². The molecule has 0 aliphatic heterocycles. The third-order valence-corrected chi connectivity index (χ3v) is 1.53. The van der Waals surface area contributed by atoms with Gasteiger partial charge < -0.3 is 10.1 Å². The zero-order valence-corrected chi connectivity index (χ0v) is 7.50. The Morgan fingerprint density at radius 1 is 1.58 bits per heavy atom. The molecule has 1 N–H and O–H groups in total. The SMILES string of the molecule is COCCNc1ccnc(C)c1. The molecule has 0 saturated carbocycles. The van der Waals surface area contributed by atoms with Gasteiger partial charge in [-0.3, -0.25) is 4.98 Å². The van der Waals surface area contributed by atoms with Crippen molar-refractivity contribution >= 4 is 5.69 Å². The number of aryl methyl sites for hydroxylation is 1. The van der Waals surface area contributed by atoms with Crippen molar-refractivity contribution in [2.75, 3.05) is 25.6 Å². The molecule has 0 aromatic carbocycles. The first-order valence-corrected chi connectivity index (χ1v) is 3.98. The van der Waals surface area contributed by atoms with Gasteiger partial charge in [-0.15, -0.1) is 0 Å². The molecule has 1 rings (SSSR count). The van der Waals surface area contributed by atoms with Crippen molar-refractivity contribution in [3.05, 3.63) is 24.0 Å². The van der Waals surface area contributed by atoms with Crippen molar-refractivity contribution in [3.8, 4) is 0 Å². The maximum atomic E-state index is 4.92. The fourth-order valence-corrected chi connectivity index (χ4v) is 0.953. The van der Waals surface area contributed by atoms with Crippen molar-refractivity contribution < 1.29 is 4.74 Å². The molecule has 0 fully saturated rings. The van der Waals surface area contributed by atoms with Crippen LogP contribution in [0.2, 0.25) is 0 Å². The van der Waals surface area contributed by atoms with Crippen molar-refractivity contribution in [1.29, 1.82) is 0 Å². The van der Waals surface area contributed by atoms with Crippen LogP contribution in [0.25, 0.3) is 0 Å². The second-order valence-electron chi connectivity index (χ2n) is 2.61. The number of hydrogen-bond donors (Lipinski definition) is 1. The Hall–Kier alpha value is -1.09. The van der Waals surface area contributed by atoms with E-state index in [2.05, 4.69) is 10.3 Å². The van der Waals surface area contributed by atoms with Gasteiger partial charge in [-0.1, -0.05) is 0 Å². The Morgan fingerprint density at radius 3 is 3.08 bits per heavy atom. The Bertz CT molecular complexity index is 238. The zero-order valence-electron chi connectivity index (χ0n) is 7.50. The molecule has 0 unspecified atom stereocenters. The van der Waals surface area contributed by atoms with E-state index >= 15 is 0 Å². The van der Waals surface area contributed by atoms with Gasteiger partial charge in [0.25, 0.3) is 0 Å². The molecule has 66 valence electrons. The topological polar surface area (TPSA) is 34.1 Å².